The van der Waals surface area contributed by atoms with E-state index in [1.807, 2.05) is 65.0 Å². The Hall–Kier alpha value is -2.45. The molecule has 192 valence electrons. The van der Waals surface area contributed by atoms with Crippen molar-refractivity contribution < 1.29 is 24.2 Å². The second-order valence-corrected chi connectivity index (χ2v) is 10.9. The van der Waals surface area contributed by atoms with Gasteiger partial charge in [-0.1, -0.05) is 51.1 Å². The van der Waals surface area contributed by atoms with Crippen LogP contribution in [0.25, 0.3) is 0 Å². The number of hydrogen-bond donors (Lipinski definition) is 3. The monoisotopic (exact) mass is 485 g/mol. The number of fused-ring (bicyclic) bond motifs is 1. The maximum atomic E-state index is 14.1. The number of aliphatic hydroxyl groups excluding tert-OH is 1. The molecule has 1 aromatic rings. The Labute approximate surface area is 207 Å². The van der Waals surface area contributed by atoms with Crippen LogP contribution in [0, 0.1) is 17.8 Å². The van der Waals surface area contributed by atoms with E-state index in [2.05, 4.69) is 10.6 Å². The van der Waals surface area contributed by atoms with Crippen molar-refractivity contribution in [1.82, 2.24) is 15.5 Å². The van der Waals surface area contributed by atoms with Gasteiger partial charge in [0.05, 0.1) is 30.1 Å². The Morgan fingerprint density at radius 1 is 1.14 bits per heavy atom. The minimum Gasteiger partial charge on any atom is -0.394 e. The highest BCUT2D eigenvalue weighted by Crippen LogP contribution is 2.64. The van der Waals surface area contributed by atoms with Crippen molar-refractivity contribution in [2.45, 2.75) is 89.8 Å². The predicted octanol–water partition coefficient (Wildman–Crippen LogP) is 2.00. The quantitative estimate of drug-likeness (QED) is 0.496. The second-order valence-electron chi connectivity index (χ2n) is 10.9. The second kappa shape index (κ2) is 9.54. The zero-order valence-electron chi connectivity index (χ0n) is 21.4. The Kier molecular flexibility index (Phi) is 6.99. The van der Waals surface area contributed by atoms with Crippen LogP contribution in [-0.4, -0.2) is 63.7 Å². The molecule has 3 aliphatic heterocycles. The van der Waals surface area contributed by atoms with E-state index in [0.29, 0.717) is 25.8 Å². The van der Waals surface area contributed by atoms with Crippen LogP contribution in [0.3, 0.4) is 0 Å². The lowest BCUT2D eigenvalue weighted by Crippen LogP contribution is -2.59. The topological polar surface area (TPSA) is 108 Å². The number of rotatable bonds is 9. The molecule has 3 amide bonds. The van der Waals surface area contributed by atoms with Crippen molar-refractivity contribution in [2.75, 3.05) is 6.61 Å². The molecule has 0 aromatic heterocycles. The standard InChI is InChI=1S/C27H39N3O5/c1-6-26-12-13-27(35-26)21(20(26)23(32)28-14-18-10-8-7-9-11-18)25(34)30(19(15-31)16(2)3)22(27)24(33)29-17(4)5/h7-11,16-17,19-22,31H,6,12-15H2,1-5H3,(H,28,32)(H,29,33)/t19-,20-,21-,22?,26+,27?/m0/s1. The summed E-state index contributed by atoms with van der Waals surface area (Å²) in [7, 11) is 0. The van der Waals surface area contributed by atoms with Crippen molar-refractivity contribution in [3.05, 3.63) is 35.9 Å². The van der Waals surface area contributed by atoms with Crippen LogP contribution in [0.2, 0.25) is 0 Å². The van der Waals surface area contributed by atoms with Crippen molar-refractivity contribution in [3.8, 4) is 0 Å². The zero-order chi connectivity index (χ0) is 25.5. The van der Waals surface area contributed by atoms with Gasteiger partial charge in [-0.15, -0.1) is 0 Å². The van der Waals surface area contributed by atoms with Gasteiger partial charge in [0.1, 0.15) is 11.6 Å². The number of aliphatic hydroxyl groups is 1. The Morgan fingerprint density at radius 3 is 2.40 bits per heavy atom. The smallest absolute Gasteiger partial charge is 0.246 e. The molecule has 3 fully saturated rings. The first-order valence-electron chi connectivity index (χ1n) is 12.9. The summed E-state index contributed by atoms with van der Waals surface area (Å²) < 4.78 is 6.73. The number of carbonyl (C=O) groups is 3. The van der Waals surface area contributed by atoms with Crippen LogP contribution >= 0.6 is 0 Å². The number of nitrogens with one attached hydrogen (secondary N) is 2. The Morgan fingerprint density at radius 2 is 1.83 bits per heavy atom. The molecule has 6 atom stereocenters. The molecule has 3 saturated heterocycles. The minimum atomic E-state index is -1.08. The highest BCUT2D eigenvalue weighted by Gasteiger charge is 2.79. The van der Waals surface area contributed by atoms with E-state index in [1.54, 1.807) is 0 Å². The lowest BCUT2D eigenvalue weighted by molar-refractivity contribution is -0.152. The number of hydrogen-bond acceptors (Lipinski definition) is 5. The van der Waals surface area contributed by atoms with E-state index in [9.17, 15) is 19.5 Å². The van der Waals surface area contributed by atoms with Crippen molar-refractivity contribution in [3.63, 3.8) is 0 Å². The number of benzene rings is 1. The summed E-state index contributed by atoms with van der Waals surface area (Å²) in [5.41, 5.74) is -0.891. The molecule has 3 heterocycles. The van der Waals surface area contributed by atoms with Crippen molar-refractivity contribution >= 4 is 17.7 Å². The fourth-order valence-corrected chi connectivity index (χ4v) is 6.59. The molecular weight excluding hydrogens is 446 g/mol. The Balaban J connectivity index is 1.73. The van der Waals surface area contributed by atoms with Gasteiger partial charge in [-0.25, -0.2) is 0 Å². The van der Waals surface area contributed by atoms with E-state index >= 15 is 0 Å². The number of likely N-dealkylation sites (tertiary alicyclic amines) is 1. The SMILES string of the molecule is CC[C@]12CCC3(O1)C(C(=O)NC(C)C)N([C@@H](CO)C(C)C)C(=O)[C@@H]3[C@H]2C(=O)NCc1ccccc1. The fourth-order valence-electron chi connectivity index (χ4n) is 6.59. The number of amides is 3. The maximum Gasteiger partial charge on any atom is 0.246 e. The van der Waals surface area contributed by atoms with Crippen LogP contribution in [0.4, 0.5) is 0 Å². The molecule has 0 radical (unpaired) electrons. The van der Waals surface area contributed by atoms with Gasteiger partial charge in [-0.2, -0.15) is 0 Å². The highest BCUT2D eigenvalue weighted by molar-refractivity contribution is 5.99. The molecule has 2 unspecified atom stereocenters. The molecule has 3 N–H and O–H groups in total. The molecule has 8 nitrogen and oxygen atoms in total. The fraction of sp³-hybridized carbons (Fsp3) is 0.667. The Bertz CT molecular complexity index is 967. The first kappa shape index (κ1) is 25.6. The lowest BCUT2D eigenvalue weighted by Gasteiger charge is -2.39. The molecule has 1 aromatic carbocycles. The molecule has 4 rings (SSSR count). The lowest BCUT2D eigenvalue weighted by atomic mass is 9.65. The summed E-state index contributed by atoms with van der Waals surface area (Å²) >= 11 is 0. The zero-order valence-corrected chi connectivity index (χ0v) is 21.4. The molecule has 3 aliphatic rings. The molecule has 0 saturated carbocycles. The summed E-state index contributed by atoms with van der Waals surface area (Å²) in [5, 5.41) is 16.2. The number of ether oxygens (including phenoxy) is 1. The largest absolute Gasteiger partial charge is 0.394 e. The van der Waals surface area contributed by atoms with Gasteiger partial charge in [0.25, 0.3) is 0 Å². The molecular formula is C27H39N3O5. The highest BCUT2D eigenvalue weighted by atomic mass is 16.5. The summed E-state index contributed by atoms with van der Waals surface area (Å²) in [5.74, 6) is -2.29. The average Bonchev–Trinajstić information content (AvgIpc) is 3.42. The molecule has 2 bridgehead atoms. The van der Waals surface area contributed by atoms with Gasteiger partial charge in [0, 0.05) is 12.6 Å². The predicted molar refractivity (Wildman–Crippen MR) is 131 cm³/mol. The minimum absolute atomic E-state index is 0.0729. The van der Waals surface area contributed by atoms with Crippen LogP contribution in [0.5, 0.6) is 0 Å². The third kappa shape index (κ3) is 4.04. The summed E-state index contributed by atoms with van der Waals surface area (Å²) in [4.78, 5) is 42.9. The normalized spacial score (nSPS) is 32.3. The van der Waals surface area contributed by atoms with E-state index in [1.165, 1.54) is 4.90 Å². The van der Waals surface area contributed by atoms with Crippen LogP contribution in [0.15, 0.2) is 30.3 Å². The van der Waals surface area contributed by atoms with Crippen molar-refractivity contribution in [2.24, 2.45) is 17.8 Å². The van der Waals surface area contributed by atoms with Gasteiger partial charge >= 0.3 is 0 Å². The molecule has 0 aliphatic carbocycles. The molecule has 1 spiro atoms. The molecule has 8 heteroatoms. The van der Waals surface area contributed by atoms with E-state index in [-0.39, 0.29) is 36.3 Å². The van der Waals surface area contributed by atoms with Gasteiger partial charge in [0.2, 0.25) is 17.7 Å². The number of nitrogens with zero attached hydrogens (tertiary/aromatic N) is 1. The first-order chi connectivity index (χ1) is 16.6. The van der Waals surface area contributed by atoms with Crippen LogP contribution in [0.1, 0.15) is 59.4 Å². The van der Waals surface area contributed by atoms with Gasteiger partial charge in [-0.3, -0.25) is 14.4 Å². The van der Waals surface area contributed by atoms with E-state index in [4.69, 9.17) is 4.74 Å². The average molecular weight is 486 g/mol. The van der Waals surface area contributed by atoms with E-state index < -0.39 is 35.1 Å². The third-order valence-electron chi connectivity index (χ3n) is 8.20. The van der Waals surface area contributed by atoms with Crippen LogP contribution in [-0.2, 0) is 25.7 Å². The maximum absolute atomic E-state index is 14.1. The number of carbonyl (C=O) groups excluding carboxylic acids is 3. The summed E-state index contributed by atoms with van der Waals surface area (Å²) in [6, 6.07) is 8.09. The van der Waals surface area contributed by atoms with Gasteiger partial charge < -0.3 is 25.4 Å². The summed E-state index contributed by atoms with van der Waals surface area (Å²) in [6.45, 7) is 9.67. The van der Waals surface area contributed by atoms with Crippen LogP contribution < -0.4 is 10.6 Å². The third-order valence-corrected chi connectivity index (χ3v) is 8.20. The van der Waals surface area contributed by atoms with E-state index in [0.717, 1.165) is 5.56 Å². The molecule has 35 heavy (non-hydrogen) atoms. The summed E-state index contributed by atoms with van der Waals surface area (Å²) in [6.07, 6.45) is 1.72. The van der Waals surface area contributed by atoms with Crippen molar-refractivity contribution in [1.29, 1.82) is 0 Å². The van der Waals surface area contributed by atoms with Gasteiger partial charge in [0.15, 0.2) is 0 Å². The first-order valence-corrected chi connectivity index (χ1v) is 12.9. The van der Waals surface area contributed by atoms with Gasteiger partial charge in [-0.05, 0) is 44.6 Å².